The van der Waals surface area contributed by atoms with Gasteiger partial charge in [0.2, 0.25) is 0 Å². The number of carbonyl (C=O) groups excluding carboxylic acids is 2. The van der Waals surface area contributed by atoms with E-state index in [1.54, 1.807) is 18.2 Å². The molecule has 0 aromatic heterocycles. The molecule has 0 spiro atoms. The van der Waals surface area contributed by atoms with E-state index in [-0.39, 0.29) is 28.4 Å². The van der Waals surface area contributed by atoms with Crippen molar-refractivity contribution in [2.24, 2.45) is 4.99 Å². The Morgan fingerprint density at radius 3 is 2.40 bits per heavy atom. The van der Waals surface area contributed by atoms with Crippen LogP contribution in [-0.2, 0) is 32.6 Å². The van der Waals surface area contributed by atoms with Gasteiger partial charge < -0.3 is 20.0 Å². The SMILES string of the molecule is O=C([O-])CN=C(c1ccccc1)c1cc(Cl)ccc1[N-]C(=O)[C@H]1CCCN1Cc1ccccc1.[Ni+3]. The molecule has 181 valence electrons. The van der Waals surface area contributed by atoms with Gasteiger partial charge in [-0.15, -0.1) is 5.69 Å². The van der Waals surface area contributed by atoms with Gasteiger partial charge in [0, 0.05) is 17.1 Å². The quantitative estimate of drug-likeness (QED) is 0.323. The van der Waals surface area contributed by atoms with Gasteiger partial charge in [0.15, 0.2) is 0 Å². The van der Waals surface area contributed by atoms with Crippen molar-refractivity contribution in [3.63, 3.8) is 0 Å². The van der Waals surface area contributed by atoms with E-state index < -0.39 is 12.5 Å². The Morgan fingerprint density at radius 1 is 1.03 bits per heavy atom. The van der Waals surface area contributed by atoms with Crippen molar-refractivity contribution in [2.75, 3.05) is 13.1 Å². The van der Waals surface area contributed by atoms with Crippen LogP contribution in [0.25, 0.3) is 5.32 Å². The van der Waals surface area contributed by atoms with Crippen molar-refractivity contribution in [3.8, 4) is 0 Å². The van der Waals surface area contributed by atoms with Gasteiger partial charge in [0.05, 0.1) is 30.2 Å². The Labute approximate surface area is 219 Å². The number of aliphatic imine (C=N–C) groups is 1. The van der Waals surface area contributed by atoms with E-state index in [2.05, 4.69) is 15.2 Å². The summed E-state index contributed by atoms with van der Waals surface area (Å²) in [6.45, 7) is 0.997. The Kier molecular flexibility index (Phi) is 9.61. The van der Waals surface area contributed by atoms with E-state index in [9.17, 15) is 14.7 Å². The minimum absolute atomic E-state index is 0. The minimum Gasteiger partial charge on any atom is -0.625 e. The van der Waals surface area contributed by atoms with Gasteiger partial charge in [-0.1, -0.05) is 78.3 Å². The fraction of sp³-hybridized carbons (Fsp3) is 0.222. The second kappa shape index (κ2) is 12.6. The third-order valence-corrected chi connectivity index (χ3v) is 5.97. The standard InChI is InChI=1S/C27H26ClN3O3.Ni/c28-21-13-14-23(22(16-21)26(29-17-25(32)33)20-10-5-2-6-11-20)30-27(34)24-12-7-15-31(24)18-19-8-3-1-4-9-19;/h1-6,8-11,13-14,16,24H,7,12,15,17-18H2,(H2,29,30,32,33,34);/q;+3/p-2/t24-;/m1./s1. The van der Waals surface area contributed by atoms with E-state index in [4.69, 9.17) is 11.6 Å². The zero-order valence-corrected chi connectivity index (χ0v) is 20.6. The summed E-state index contributed by atoms with van der Waals surface area (Å²) in [4.78, 5) is 30.8. The summed E-state index contributed by atoms with van der Waals surface area (Å²) >= 11 is 6.27. The maximum Gasteiger partial charge on any atom is 3.00 e. The van der Waals surface area contributed by atoms with Gasteiger partial charge in [-0.25, -0.2) is 0 Å². The summed E-state index contributed by atoms with van der Waals surface area (Å²) < 4.78 is 0. The van der Waals surface area contributed by atoms with E-state index in [0.29, 0.717) is 34.1 Å². The van der Waals surface area contributed by atoms with Crippen LogP contribution in [0.3, 0.4) is 0 Å². The molecule has 6 nitrogen and oxygen atoms in total. The van der Waals surface area contributed by atoms with Crippen LogP contribution in [0.4, 0.5) is 5.69 Å². The number of hydrogen-bond donors (Lipinski definition) is 0. The first-order valence-corrected chi connectivity index (χ1v) is 11.5. The summed E-state index contributed by atoms with van der Waals surface area (Å²) in [6.07, 6.45) is 1.66. The van der Waals surface area contributed by atoms with Crippen molar-refractivity contribution in [3.05, 3.63) is 106 Å². The number of aliphatic carboxylic acids is 1. The fourth-order valence-electron chi connectivity index (χ4n) is 4.17. The van der Waals surface area contributed by atoms with Crippen LogP contribution in [0.5, 0.6) is 0 Å². The second-order valence-corrected chi connectivity index (χ2v) is 8.56. The van der Waals surface area contributed by atoms with Crippen LogP contribution in [-0.4, -0.2) is 41.6 Å². The first-order chi connectivity index (χ1) is 16.5. The van der Waals surface area contributed by atoms with Crippen molar-refractivity contribution in [1.29, 1.82) is 0 Å². The Bertz CT molecular complexity index is 1190. The predicted octanol–water partition coefficient (Wildman–Crippen LogP) is 4.12. The number of carbonyl (C=O) groups is 2. The first-order valence-electron chi connectivity index (χ1n) is 11.1. The van der Waals surface area contributed by atoms with Gasteiger partial charge in [0.25, 0.3) is 0 Å². The molecule has 0 N–H and O–H groups in total. The number of benzene rings is 3. The molecule has 0 unspecified atom stereocenters. The minimum atomic E-state index is -1.30. The third kappa shape index (κ3) is 7.01. The predicted molar refractivity (Wildman–Crippen MR) is 131 cm³/mol. The van der Waals surface area contributed by atoms with E-state index in [0.717, 1.165) is 24.9 Å². The first kappa shape index (κ1) is 26.6. The average molecular weight is 533 g/mol. The Morgan fingerprint density at radius 2 is 1.71 bits per heavy atom. The zero-order valence-electron chi connectivity index (χ0n) is 18.9. The van der Waals surface area contributed by atoms with Crippen molar-refractivity contribution in [1.82, 2.24) is 4.90 Å². The summed E-state index contributed by atoms with van der Waals surface area (Å²) in [5.41, 5.74) is 3.14. The summed E-state index contributed by atoms with van der Waals surface area (Å²) in [5.74, 6) is -1.53. The number of amides is 1. The second-order valence-electron chi connectivity index (χ2n) is 8.13. The maximum atomic E-state index is 13.3. The molecule has 1 aliphatic heterocycles. The van der Waals surface area contributed by atoms with Crippen LogP contribution in [0.15, 0.2) is 83.9 Å². The molecule has 0 saturated carbocycles. The van der Waals surface area contributed by atoms with Gasteiger partial charge in [-0.05, 0) is 42.6 Å². The topological polar surface area (TPSA) is 86.9 Å². The Hall–Kier alpha value is -2.99. The maximum absolute atomic E-state index is 13.3. The van der Waals surface area contributed by atoms with Crippen LogP contribution >= 0.6 is 11.6 Å². The molecule has 0 aliphatic carbocycles. The number of halogens is 1. The van der Waals surface area contributed by atoms with Crippen molar-refractivity contribution < 1.29 is 31.2 Å². The molecule has 4 rings (SSSR count). The van der Waals surface area contributed by atoms with Gasteiger partial charge >= 0.3 is 16.5 Å². The Balaban J connectivity index is 0.00000342. The van der Waals surface area contributed by atoms with Gasteiger partial charge in [-0.2, -0.15) is 0 Å². The molecule has 1 heterocycles. The number of nitrogens with zero attached hydrogens (tertiary/aromatic N) is 3. The number of carboxylic acid groups (broad SMARTS) is 1. The summed E-state index contributed by atoms with van der Waals surface area (Å²) in [5, 5.41) is 16.0. The molecule has 1 amide bonds. The molecule has 1 aliphatic rings. The molecule has 35 heavy (non-hydrogen) atoms. The smallest absolute Gasteiger partial charge is 0.625 e. The van der Waals surface area contributed by atoms with Crippen molar-refractivity contribution in [2.45, 2.75) is 25.4 Å². The van der Waals surface area contributed by atoms with E-state index in [1.807, 2.05) is 60.7 Å². The van der Waals surface area contributed by atoms with Crippen LogP contribution < -0.4 is 5.11 Å². The summed E-state index contributed by atoms with van der Waals surface area (Å²) in [6, 6.07) is 23.9. The number of likely N-dealkylation sites (tertiary alicyclic amines) is 1. The van der Waals surface area contributed by atoms with Gasteiger partial charge in [0.1, 0.15) is 0 Å². The molecule has 1 radical (unpaired) electrons. The molecule has 3 aromatic carbocycles. The van der Waals surface area contributed by atoms with Crippen LogP contribution in [0.1, 0.15) is 29.5 Å². The summed E-state index contributed by atoms with van der Waals surface area (Å²) in [7, 11) is 0. The van der Waals surface area contributed by atoms with Crippen LogP contribution in [0.2, 0.25) is 5.02 Å². The molecule has 1 fully saturated rings. The molecular weight excluding hydrogens is 508 g/mol. The van der Waals surface area contributed by atoms with E-state index in [1.165, 1.54) is 0 Å². The fourth-order valence-corrected chi connectivity index (χ4v) is 4.35. The molecular formula is C27H24ClN3NiO3+. The van der Waals surface area contributed by atoms with Crippen LogP contribution in [0, 0.1) is 0 Å². The molecule has 1 saturated heterocycles. The van der Waals surface area contributed by atoms with E-state index >= 15 is 0 Å². The monoisotopic (exact) mass is 531 g/mol. The molecule has 3 aromatic rings. The number of carboxylic acids is 1. The number of hydrogen-bond acceptors (Lipinski definition) is 5. The third-order valence-electron chi connectivity index (χ3n) is 5.74. The normalized spacial score (nSPS) is 15.9. The molecule has 0 bridgehead atoms. The zero-order chi connectivity index (χ0) is 23.9. The van der Waals surface area contributed by atoms with Crippen molar-refractivity contribution >= 4 is 34.9 Å². The number of rotatable bonds is 8. The molecule has 1 atom stereocenters. The largest absolute Gasteiger partial charge is 3.00 e. The molecule has 8 heteroatoms. The van der Waals surface area contributed by atoms with Gasteiger partial charge in [-0.3, -0.25) is 9.89 Å². The average Bonchev–Trinajstić information content (AvgIpc) is 3.30.